The first-order valence-electron chi connectivity index (χ1n) is 9.14. The summed E-state index contributed by atoms with van der Waals surface area (Å²) in [6.45, 7) is 13.6. The Labute approximate surface area is 141 Å². The van der Waals surface area contributed by atoms with Crippen molar-refractivity contribution >= 4 is 0 Å². The summed E-state index contributed by atoms with van der Waals surface area (Å²) in [5.74, 6) is 0.716. The van der Waals surface area contributed by atoms with Crippen molar-refractivity contribution < 1.29 is 0 Å². The fraction of sp³-hybridized carbons (Fsp3) is 0.619. The molecule has 0 bridgehead atoms. The molecule has 0 aliphatic heterocycles. The van der Waals surface area contributed by atoms with Gasteiger partial charge in [0, 0.05) is 17.9 Å². The molecule has 0 radical (unpaired) electrons. The smallest absolute Gasteiger partial charge is 0.0326 e. The highest BCUT2D eigenvalue weighted by molar-refractivity contribution is 5.42. The summed E-state index contributed by atoms with van der Waals surface area (Å²) in [6, 6.07) is 0. The molecular formula is C21H32N2. The molecule has 2 unspecified atom stereocenters. The summed E-state index contributed by atoms with van der Waals surface area (Å²) in [6.07, 6.45) is 13.4. The third-order valence-electron chi connectivity index (χ3n) is 6.77. The Hall–Kier alpha value is -1.28. The number of nitrogens with one attached hydrogen (secondary N) is 1. The Bertz CT molecular complexity index is 583. The average molecular weight is 313 g/mol. The van der Waals surface area contributed by atoms with Gasteiger partial charge in [0.05, 0.1) is 0 Å². The number of nitrogens with two attached hydrogens (primary N) is 1. The van der Waals surface area contributed by atoms with Gasteiger partial charge in [0.2, 0.25) is 0 Å². The Morgan fingerprint density at radius 3 is 2.83 bits per heavy atom. The van der Waals surface area contributed by atoms with E-state index in [1.165, 1.54) is 44.2 Å². The van der Waals surface area contributed by atoms with Crippen LogP contribution in [0.15, 0.2) is 47.9 Å². The van der Waals surface area contributed by atoms with Gasteiger partial charge in [-0.2, -0.15) is 0 Å². The van der Waals surface area contributed by atoms with Gasteiger partial charge in [0.25, 0.3) is 0 Å². The van der Waals surface area contributed by atoms with Crippen LogP contribution in [0.4, 0.5) is 0 Å². The Kier molecular flexibility index (Phi) is 4.31. The van der Waals surface area contributed by atoms with Crippen molar-refractivity contribution in [2.75, 3.05) is 6.54 Å². The predicted octanol–water partition coefficient (Wildman–Crippen LogP) is 4.82. The zero-order valence-electron chi connectivity index (χ0n) is 14.9. The first-order valence-corrected chi connectivity index (χ1v) is 9.14. The largest absolute Gasteiger partial charge is 0.362 e. The van der Waals surface area contributed by atoms with E-state index in [0.29, 0.717) is 17.9 Å². The van der Waals surface area contributed by atoms with Crippen LogP contribution in [-0.4, -0.2) is 6.54 Å². The lowest BCUT2D eigenvalue weighted by Crippen LogP contribution is -2.46. The second-order valence-corrected chi connectivity index (χ2v) is 8.19. The van der Waals surface area contributed by atoms with Crippen LogP contribution < -0.4 is 11.1 Å². The van der Waals surface area contributed by atoms with Crippen molar-refractivity contribution in [3.05, 3.63) is 47.9 Å². The van der Waals surface area contributed by atoms with Gasteiger partial charge in [-0.25, -0.2) is 0 Å². The fourth-order valence-electron chi connectivity index (χ4n) is 5.42. The SMILES string of the molecule is C=C[C@@]1(C)CCCC2(C)C3=C(CCC(NC(=C)CN)=C3)CCC21. The Morgan fingerprint density at radius 1 is 1.35 bits per heavy atom. The van der Waals surface area contributed by atoms with Crippen molar-refractivity contribution in [3.63, 3.8) is 0 Å². The second-order valence-electron chi connectivity index (χ2n) is 8.19. The summed E-state index contributed by atoms with van der Waals surface area (Å²) in [5, 5.41) is 3.44. The Balaban J connectivity index is 1.96. The van der Waals surface area contributed by atoms with Gasteiger partial charge in [-0.3, -0.25) is 0 Å². The molecule has 23 heavy (non-hydrogen) atoms. The molecule has 2 heteroatoms. The summed E-state index contributed by atoms with van der Waals surface area (Å²) in [7, 11) is 0. The monoisotopic (exact) mass is 312 g/mol. The lowest BCUT2D eigenvalue weighted by molar-refractivity contribution is 0.0347. The molecule has 0 heterocycles. The zero-order valence-corrected chi connectivity index (χ0v) is 14.9. The van der Waals surface area contributed by atoms with E-state index in [4.69, 9.17) is 5.73 Å². The van der Waals surface area contributed by atoms with Gasteiger partial charge >= 0.3 is 0 Å². The first kappa shape index (κ1) is 16.6. The van der Waals surface area contributed by atoms with Gasteiger partial charge in [-0.15, -0.1) is 6.58 Å². The van der Waals surface area contributed by atoms with E-state index >= 15 is 0 Å². The maximum Gasteiger partial charge on any atom is 0.0326 e. The molecule has 2 nitrogen and oxygen atoms in total. The number of rotatable bonds is 4. The van der Waals surface area contributed by atoms with Crippen LogP contribution in [0.5, 0.6) is 0 Å². The van der Waals surface area contributed by atoms with Crippen molar-refractivity contribution in [2.45, 2.75) is 58.8 Å². The van der Waals surface area contributed by atoms with Crippen LogP contribution in [0.25, 0.3) is 0 Å². The van der Waals surface area contributed by atoms with Crippen LogP contribution >= 0.6 is 0 Å². The lowest BCUT2D eigenvalue weighted by atomic mass is 9.49. The van der Waals surface area contributed by atoms with E-state index in [0.717, 1.165) is 12.1 Å². The lowest BCUT2D eigenvalue weighted by Gasteiger charge is -2.55. The van der Waals surface area contributed by atoms with Crippen LogP contribution in [0.2, 0.25) is 0 Å². The summed E-state index contributed by atoms with van der Waals surface area (Å²) in [4.78, 5) is 0. The van der Waals surface area contributed by atoms with Gasteiger partial charge in [-0.1, -0.05) is 38.5 Å². The Morgan fingerprint density at radius 2 is 2.13 bits per heavy atom. The molecule has 3 rings (SSSR count). The van der Waals surface area contributed by atoms with E-state index in [-0.39, 0.29) is 5.41 Å². The molecule has 3 aliphatic rings. The molecule has 0 aromatic heterocycles. The zero-order chi connectivity index (χ0) is 16.7. The molecule has 3 atom stereocenters. The number of fused-ring (bicyclic) bond motifs is 2. The fourth-order valence-corrected chi connectivity index (χ4v) is 5.42. The van der Waals surface area contributed by atoms with Crippen LogP contribution in [0, 0.1) is 16.7 Å². The van der Waals surface area contributed by atoms with Crippen molar-refractivity contribution in [2.24, 2.45) is 22.5 Å². The molecule has 0 aromatic rings. The number of hydrogen-bond acceptors (Lipinski definition) is 2. The maximum absolute atomic E-state index is 5.69. The second kappa shape index (κ2) is 5.98. The van der Waals surface area contributed by atoms with E-state index in [2.05, 4.69) is 44.5 Å². The van der Waals surface area contributed by atoms with E-state index in [1.54, 1.807) is 11.1 Å². The highest BCUT2D eigenvalue weighted by atomic mass is 14.9. The van der Waals surface area contributed by atoms with Crippen molar-refractivity contribution in [3.8, 4) is 0 Å². The van der Waals surface area contributed by atoms with Crippen LogP contribution in [0.3, 0.4) is 0 Å². The molecule has 0 amide bonds. The molecule has 3 N–H and O–H groups in total. The minimum absolute atomic E-state index is 0.283. The maximum atomic E-state index is 5.69. The minimum Gasteiger partial charge on any atom is -0.362 e. The predicted molar refractivity (Wildman–Crippen MR) is 98.7 cm³/mol. The van der Waals surface area contributed by atoms with Crippen molar-refractivity contribution in [1.82, 2.24) is 5.32 Å². The molecule has 0 saturated heterocycles. The quantitative estimate of drug-likeness (QED) is 0.731. The highest BCUT2D eigenvalue weighted by Gasteiger charge is 2.51. The topological polar surface area (TPSA) is 38.0 Å². The molecule has 1 saturated carbocycles. The number of allylic oxidation sites excluding steroid dienone is 5. The normalized spacial score (nSPS) is 36.7. The molecular weight excluding hydrogens is 280 g/mol. The summed E-state index contributed by atoms with van der Waals surface area (Å²) >= 11 is 0. The molecule has 1 fully saturated rings. The van der Waals surface area contributed by atoms with Gasteiger partial charge in [-0.05, 0) is 66.9 Å². The van der Waals surface area contributed by atoms with Crippen LogP contribution in [-0.2, 0) is 0 Å². The highest BCUT2D eigenvalue weighted by Crippen LogP contribution is 2.61. The van der Waals surface area contributed by atoms with Gasteiger partial charge in [0.15, 0.2) is 0 Å². The molecule has 0 spiro atoms. The van der Waals surface area contributed by atoms with Crippen LogP contribution in [0.1, 0.15) is 58.8 Å². The molecule has 0 aromatic carbocycles. The third-order valence-corrected chi connectivity index (χ3v) is 6.77. The minimum atomic E-state index is 0.283. The van der Waals surface area contributed by atoms with Gasteiger partial charge in [0.1, 0.15) is 0 Å². The van der Waals surface area contributed by atoms with Crippen molar-refractivity contribution in [1.29, 1.82) is 0 Å². The van der Waals surface area contributed by atoms with E-state index < -0.39 is 0 Å². The molecule has 126 valence electrons. The third kappa shape index (κ3) is 2.71. The van der Waals surface area contributed by atoms with Gasteiger partial charge < -0.3 is 11.1 Å². The summed E-state index contributed by atoms with van der Waals surface area (Å²) in [5.41, 5.74) is 11.8. The standard InChI is InChI=1S/C21H32N2/c1-5-20(3)11-6-12-21(4)18-13-17(23-15(2)14-22)9-7-16(18)8-10-19(20)21/h5,13,19,23H,1-2,6-12,14,22H2,3-4H3/t19?,20-,21?/m0/s1. The number of hydrogen-bond donors (Lipinski definition) is 2. The average Bonchev–Trinajstić information content (AvgIpc) is 2.55. The molecule has 3 aliphatic carbocycles. The first-order chi connectivity index (χ1) is 10.9. The summed E-state index contributed by atoms with van der Waals surface area (Å²) < 4.78 is 0. The van der Waals surface area contributed by atoms with E-state index in [9.17, 15) is 0 Å². The van der Waals surface area contributed by atoms with E-state index in [1.807, 2.05) is 0 Å².